The lowest BCUT2D eigenvalue weighted by molar-refractivity contribution is -0.120. The van der Waals surface area contributed by atoms with Gasteiger partial charge in [0.1, 0.15) is 6.54 Å². The topological polar surface area (TPSA) is 66.5 Å². The molecule has 0 saturated heterocycles. The summed E-state index contributed by atoms with van der Waals surface area (Å²) in [4.78, 5) is 13.0. The van der Waals surface area contributed by atoms with Crippen LogP contribution < -0.4 is 9.62 Å². The molecule has 1 amide bonds. The molecule has 1 N–H and O–H groups in total. The van der Waals surface area contributed by atoms with Crippen molar-refractivity contribution in [2.24, 2.45) is 0 Å². The minimum absolute atomic E-state index is 0.0639. The van der Waals surface area contributed by atoms with E-state index >= 15 is 0 Å². The first-order valence-electron chi connectivity index (χ1n) is 9.69. The Morgan fingerprint density at radius 3 is 2.03 bits per heavy atom. The molecule has 0 aliphatic carbocycles. The molecule has 0 aliphatic heterocycles. The molecule has 0 spiro atoms. The molecule has 0 aromatic heterocycles. The van der Waals surface area contributed by atoms with Gasteiger partial charge in [0.25, 0.3) is 10.0 Å². The predicted molar refractivity (Wildman–Crippen MR) is 125 cm³/mol. The second-order valence-electron chi connectivity index (χ2n) is 6.89. The third kappa shape index (κ3) is 5.79. The Hall–Kier alpha value is -2.54. The zero-order chi connectivity index (χ0) is 22.4. The van der Waals surface area contributed by atoms with E-state index in [1.165, 1.54) is 30.3 Å². The first-order chi connectivity index (χ1) is 14.8. The van der Waals surface area contributed by atoms with E-state index in [1.807, 2.05) is 37.3 Å². The predicted octanol–water partition coefficient (Wildman–Crippen LogP) is 5.46. The average molecular weight is 477 g/mol. The van der Waals surface area contributed by atoms with Gasteiger partial charge in [-0.3, -0.25) is 9.10 Å². The highest BCUT2D eigenvalue weighted by molar-refractivity contribution is 7.92. The zero-order valence-corrected chi connectivity index (χ0v) is 19.2. The quantitative estimate of drug-likeness (QED) is 0.469. The van der Waals surface area contributed by atoms with Gasteiger partial charge in [0.05, 0.1) is 16.6 Å². The summed E-state index contributed by atoms with van der Waals surface area (Å²) in [5.74, 6) is -0.439. The lowest BCUT2D eigenvalue weighted by Crippen LogP contribution is -2.42. The van der Waals surface area contributed by atoms with Crippen molar-refractivity contribution in [3.8, 4) is 0 Å². The van der Waals surface area contributed by atoms with E-state index in [9.17, 15) is 13.2 Å². The highest BCUT2D eigenvalue weighted by Crippen LogP contribution is 2.29. The molecule has 3 aromatic carbocycles. The summed E-state index contributed by atoms with van der Waals surface area (Å²) in [6.45, 7) is 1.53. The Labute approximate surface area is 192 Å². The molecule has 0 bridgehead atoms. The van der Waals surface area contributed by atoms with Gasteiger partial charge in [-0.2, -0.15) is 0 Å². The number of nitrogens with zero attached hydrogens (tertiary/aromatic N) is 1. The van der Waals surface area contributed by atoms with Crippen molar-refractivity contribution in [3.05, 3.63) is 94.5 Å². The number of benzene rings is 3. The molecule has 0 aliphatic rings. The maximum absolute atomic E-state index is 13.4. The summed E-state index contributed by atoms with van der Waals surface area (Å²) in [7, 11) is -4.03. The van der Waals surface area contributed by atoms with E-state index in [-0.39, 0.29) is 26.7 Å². The van der Waals surface area contributed by atoms with Crippen molar-refractivity contribution in [2.75, 3.05) is 10.8 Å². The minimum atomic E-state index is -4.03. The number of nitrogens with one attached hydrogen (secondary N) is 1. The maximum Gasteiger partial charge on any atom is 0.264 e. The van der Waals surface area contributed by atoms with Crippen LogP contribution in [0.25, 0.3) is 0 Å². The molecular formula is C23H22Cl2N2O3S. The van der Waals surface area contributed by atoms with Gasteiger partial charge in [-0.1, -0.05) is 78.7 Å². The van der Waals surface area contributed by atoms with E-state index in [1.54, 1.807) is 18.2 Å². The van der Waals surface area contributed by atoms with Crippen LogP contribution >= 0.6 is 23.2 Å². The Kier molecular flexibility index (Phi) is 7.59. The zero-order valence-electron chi connectivity index (χ0n) is 16.8. The van der Waals surface area contributed by atoms with Gasteiger partial charge in [0, 0.05) is 10.0 Å². The van der Waals surface area contributed by atoms with Crippen molar-refractivity contribution >= 4 is 44.8 Å². The van der Waals surface area contributed by atoms with E-state index < -0.39 is 22.5 Å². The van der Waals surface area contributed by atoms with Crippen molar-refractivity contribution in [3.63, 3.8) is 0 Å². The standard InChI is InChI=1S/C23H22Cl2N2O3S/c1-2-22(17-9-5-3-6-10-17)26-23(28)16-27(20-14-18(24)13-19(25)15-20)31(29,30)21-11-7-4-8-12-21/h3-15,22H,2,16H2,1H3,(H,26,28)/t22-/m1/s1. The van der Waals surface area contributed by atoms with Crippen LogP contribution in [0.5, 0.6) is 0 Å². The first-order valence-corrected chi connectivity index (χ1v) is 11.9. The number of carbonyl (C=O) groups is 1. The van der Waals surface area contributed by atoms with Crippen LogP contribution in [-0.4, -0.2) is 20.9 Å². The van der Waals surface area contributed by atoms with Crippen LogP contribution in [0.15, 0.2) is 83.8 Å². The highest BCUT2D eigenvalue weighted by atomic mass is 35.5. The number of hydrogen-bond acceptors (Lipinski definition) is 3. The lowest BCUT2D eigenvalue weighted by Gasteiger charge is -2.26. The van der Waals surface area contributed by atoms with Crippen LogP contribution in [0.4, 0.5) is 5.69 Å². The average Bonchev–Trinajstić information content (AvgIpc) is 2.76. The van der Waals surface area contributed by atoms with Crippen molar-refractivity contribution in [1.82, 2.24) is 5.32 Å². The smallest absolute Gasteiger partial charge is 0.264 e. The molecule has 0 radical (unpaired) electrons. The number of amides is 1. The Balaban J connectivity index is 1.94. The fourth-order valence-electron chi connectivity index (χ4n) is 3.19. The van der Waals surface area contributed by atoms with Crippen molar-refractivity contribution in [1.29, 1.82) is 0 Å². The summed E-state index contributed by atoms with van der Waals surface area (Å²) in [5.41, 5.74) is 1.16. The van der Waals surface area contributed by atoms with Crippen LogP contribution in [0, 0.1) is 0 Å². The number of rotatable bonds is 8. The second-order valence-corrected chi connectivity index (χ2v) is 9.63. The molecule has 31 heavy (non-hydrogen) atoms. The van der Waals surface area contributed by atoms with E-state index in [2.05, 4.69) is 5.32 Å². The molecule has 162 valence electrons. The minimum Gasteiger partial charge on any atom is -0.348 e. The van der Waals surface area contributed by atoms with Gasteiger partial charge in [-0.25, -0.2) is 8.42 Å². The van der Waals surface area contributed by atoms with Gasteiger partial charge >= 0.3 is 0 Å². The van der Waals surface area contributed by atoms with Crippen LogP contribution in [0.1, 0.15) is 24.9 Å². The maximum atomic E-state index is 13.4. The Morgan fingerprint density at radius 2 is 1.48 bits per heavy atom. The summed E-state index contributed by atoms with van der Waals surface area (Å²) in [6, 6.07) is 21.6. The SMILES string of the molecule is CC[C@@H](NC(=O)CN(c1cc(Cl)cc(Cl)c1)S(=O)(=O)c1ccccc1)c1ccccc1. The lowest BCUT2D eigenvalue weighted by atomic mass is 10.0. The number of anilines is 1. The van der Waals surface area contributed by atoms with Gasteiger partial charge < -0.3 is 5.32 Å². The van der Waals surface area contributed by atoms with E-state index in [0.29, 0.717) is 6.42 Å². The normalized spacial score (nSPS) is 12.2. The van der Waals surface area contributed by atoms with Gasteiger partial charge in [-0.15, -0.1) is 0 Å². The summed E-state index contributed by atoms with van der Waals surface area (Å²) in [6.07, 6.45) is 0.657. The molecule has 0 unspecified atom stereocenters. The molecule has 5 nitrogen and oxygen atoms in total. The summed E-state index contributed by atoms with van der Waals surface area (Å²) < 4.78 is 27.8. The molecule has 0 saturated carbocycles. The summed E-state index contributed by atoms with van der Waals surface area (Å²) in [5, 5.41) is 3.47. The number of halogens is 2. The second kappa shape index (κ2) is 10.2. The molecule has 3 rings (SSSR count). The molecule has 0 heterocycles. The summed E-state index contributed by atoms with van der Waals surface area (Å²) >= 11 is 12.2. The fraction of sp³-hybridized carbons (Fsp3) is 0.174. The number of hydrogen-bond donors (Lipinski definition) is 1. The van der Waals surface area contributed by atoms with Gasteiger partial charge in [0.15, 0.2) is 0 Å². The number of carbonyl (C=O) groups excluding carboxylic acids is 1. The van der Waals surface area contributed by atoms with Crippen molar-refractivity contribution in [2.45, 2.75) is 24.3 Å². The molecule has 1 atom stereocenters. The van der Waals surface area contributed by atoms with E-state index in [4.69, 9.17) is 23.2 Å². The van der Waals surface area contributed by atoms with Crippen LogP contribution in [0.2, 0.25) is 10.0 Å². The molecule has 8 heteroatoms. The van der Waals surface area contributed by atoms with Crippen molar-refractivity contribution < 1.29 is 13.2 Å². The number of sulfonamides is 1. The van der Waals surface area contributed by atoms with Crippen LogP contribution in [-0.2, 0) is 14.8 Å². The third-order valence-corrected chi connectivity index (χ3v) is 6.92. The van der Waals surface area contributed by atoms with Gasteiger partial charge in [-0.05, 0) is 42.3 Å². The molecular weight excluding hydrogens is 455 g/mol. The monoisotopic (exact) mass is 476 g/mol. The molecule has 3 aromatic rings. The highest BCUT2D eigenvalue weighted by Gasteiger charge is 2.28. The fourth-order valence-corrected chi connectivity index (χ4v) is 5.14. The van der Waals surface area contributed by atoms with E-state index in [0.717, 1.165) is 9.87 Å². The third-order valence-electron chi connectivity index (χ3n) is 4.70. The molecule has 0 fully saturated rings. The first kappa shape index (κ1) is 23.1. The van der Waals surface area contributed by atoms with Crippen LogP contribution in [0.3, 0.4) is 0 Å². The van der Waals surface area contributed by atoms with Gasteiger partial charge in [0.2, 0.25) is 5.91 Å². The Morgan fingerprint density at radius 1 is 0.935 bits per heavy atom. The Bertz CT molecular complexity index is 1120. The largest absolute Gasteiger partial charge is 0.348 e.